The Bertz CT molecular complexity index is 504. The fourth-order valence-electron chi connectivity index (χ4n) is 2.42. The maximum Gasteiger partial charge on any atom is 0.224 e. The van der Waals surface area contributed by atoms with Gasteiger partial charge in [0.15, 0.2) is 0 Å². The fourth-order valence-corrected chi connectivity index (χ4v) is 3.27. The predicted octanol–water partition coefficient (Wildman–Crippen LogP) is 2.03. The summed E-state index contributed by atoms with van der Waals surface area (Å²) in [6, 6.07) is 7.80. The minimum atomic E-state index is -0.957. The minimum Gasteiger partial charge on any atom is -0.493 e. The Kier molecular flexibility index (Phi) is 5.17. The van der Waals surface area contributed by atoms with Crippen LogP contribution >= 0.6 is 0 Å². The molecule has 0 unspecified atom stereocenters. The number of amides is 1. The Morgan fingerprint density at radius 3 is 3.00 bits per heavy atom. The van der Waals surface area contributed by atoms with E-state index in [0.29, 0.717) is 12.4 Å². The van der Waals surface area contributed by atoms with Gasteiger partial charge in [0.05, 0.1) is 12.6 Å². The summed E-state index contributed by atoms with van der Waals surface area (Å²) in [6.45, 7) is 2.49. The summed E-state index contributed by atoms with van der Waals surface area (Å²) < 4.78 is 16.9. The van der Waals surface area contributed by atoms with Gasteiger partial charge in [-0.15, -0.1) is 0 Å². The quantitative estimate of drug-likeness (QED) is 0.924. The molecule has 3 atom stereocenters. The highest BCUT2D eigenvalue weighted by Gasteiger charge is 2.23. The average molecular weight is 295 g/mol. The van der Waals surface area contributed by atoms with Crippen LogP contribution in [0.5, 0.6) is 5.75 Å². The van der Waals surface area contributed by atoms with Crippen LogP contribution in [0.1, 0.15) is 31.4 Å². The van der Waals surface area contributed by atoms with Crippen molar-refractivity contribution in [3.8, 4) is 5.75 Å². The van der Waals surface area contributed by atoms with E-state index in [1.165, 1.54) is 0 Å². The SMILES string of the molecule is C[C@H](C[S@@](C)=O)C(=O)N[C@@H]1CCCOc2ccccc21. The van der Waals surface area contributed by atoms with Gasteiger partial charge in [-0.1, -0.05) is 25.1 Å². The van der Waals surface area contributed by atoms with E-state index in [0.717, 1.165) is 24.2 Å². The molecule has 0 saturated carbocycles. The summed E-state index contributed by atoms with van der Waals surface area (Å²) in [5, 5.41) is 3.07. The van der Waals surface area contributed by atoms with Crippen molar-refractivity contribution in [1.29, 1.82) is 0 Å². The summed E-state index contributed by atoms with van der Waals surface area (Å²) in [5.41, 5.74) is 1.03. The van der Waals surface area contributed by atoms with Crippen molar-refractivity contribution in [1.82, 2.24) is 5.32 Å². The Morgan fingerprint density at radius 1 is 1.50 bits per heavy atom. The number of benzene rings is 1. The highest BCUT2D eigenvalue weighted by Crippen LogP contribution is 2.31. The van der Waals surface area contributed by atoms with E-state index in [-0.39, 0.29) is 17.9 Å². The second kappa shape index (κ2) is 6.88. The van der Waals surface area contributed by atoms with Crippen molar-refractivity contribution in [3.05, 3.63) is 29.8 Å². The van der Waals surface area contributed by atoms with E-state index in [4.69, 9.17) is 4.74 Å². The molecule has 2 rings (SSSR count). The van der Waals surface area contributed by atoms with Crippen molar-refractivity contribution >= 4 is 16.7 Å². The van der Waals surface area contributed by atoms with E-state index in [2.05, 4.69) is 5.32 Å². The van der Waals surface area contributed by atoms with E-state index in [1.807, 2.05) is 31.2 Å². The van der Waals surface area contributed by atoms with Crippen molar-refractivity contribution in [3.63, 3.8) is 0 Å². The van der Waals surface area contributed by atoms with Gasteiger partial charge in [-0.05, 0) is 18.9 Å². The predicted molar refractivity (Wildman–Crippen MR) is 80.2 cm³/mol. The van der Waals surface area contributed by atoms with Crippen LogP contribution in [0.2, 0.25) is 0 Å². The maximum atomic E-state index is 12.2. The molecule has 1 heterocycles. The van der Waals surface area contributed by atoms with E-state index >= 15 is 0 Å². The zero-order valence-electron chi connectivity index (χ0n) is 11.9. The summed E-state index contributed by atoms with van der Waals surface area (Å²) in [7, 11) is -0.957. The number of para-hydroxylation sites is 1. The molecule has 0 radical (unpaired) electrons. The lowest BCUT2D eigenvalue weighted by Gasteiger charge is -2.20. The molecule has 4 nitrogen and oxygen atoms in total. The lowest BCUT2D eigenvalue weighted by molar-refractivity contribution is -0.124. The first kappa shape index (κ1) is 15.0. The number of fused-ring (bicyclic) bond motifs is 1. The van der Waals surface area contributed by atoms with Gasteiger partial charge >= 0.3 is 0 Å². The molecule has 1 aromatic carbocycles. The zero-order valence-corrected chi connectivity index (χ0v) is 12.7. The molecule has 0 fully saturated rings. The third kappa shape index (κ3) is 3.82. The third-order valence-corrected chi connectivity index (χ3v) is 4.41. The standard InChI is InChI=1S/C15H21NO3S/c1-11(10-20(2)18)15(17)16-13-7-5-9-19-14-8-4-3-6-12(13)14/h3-4,6,8,11,13H,5,7,9-10H2,1-2H3,(H,16,17)/t11-,13-,20-/m1/s1. The summed E-state index contributed by atoms with van der Waals surface area (Å²) in [6.07, 6.45) is 3.40. The summed E-state index contributed by atoms with van der Waals surface area (Å²) in [5.74, 6) is 0.970. The molecule has 1 amide bonds. The molecule has 0 spiro atoms. The topological polar surface area (TPSA) is 55.4 Å². The lowest BCUT2D eigenvalue weighted by atomic mass is 10.0. The Hall–Kier alpha value is -1.36. The number of nitrogens with one attached hydrogen (secondary N) is 1. The van der Waals surface area contributed by atoms with Crippen molar-refractivity contribution in [2.45, 2.75) is 25.8 Å². The van der Waals surface area contributed by atoms with Crippen LogP contribution < -0.4 is 10.1 Å². The number of carbonyl (C=O) groups is 1. The van der Waals surface area contributed by atoms with Crippen LogP contribution in [0.4, 0.5) is 0 Å². The first-order chi connectivity index (χ1) is 9.58. The van der Waals surface area contributed by atoms with Crippen molar-refractivity contribution in [2.24, 2.45) is 5.92 Å². The number of ether oxygens (including phenoxy) is 1. The number of hydrogen-bond donors (Lipinski definition) is 1. The molecule has 110 valence electrons. The number of rotatable bonds is 4. The maximum absolute atomic E-state index is 12.2. The first-order valence-corrected chi connectivity index (χ1v) is 8.62. The van der Waals surface area contributed by atoms with E-state index in [1.54, 1.807) is 6.26 Å². The normalized spacial score (nSPS) is 21.0. The smallest absolute Gasteiger partial charge is 0.224 e. The van der Waals surface area contributed by atoms with Gasteiger partial charge in [0, 0.05) is 34.3 Å². The summed E-state index contributed by atoms with van der Waals surface area (Å²) >= 11 is 0. The molecule has 0 bridgehead atoms. The second-order valence-corrected chi connectivity index (χ2v) is 6.71. The molecular weight excluding hydrogens is 274 g/mol. The first-order valence-electron chi connectivity index (χ1n) is 6.90. The van der Waals surface area contributed by atoms with Crippen molar-refractivity contribution in [2.75, 3.05) is 18.6 Å². The Balaban J connectivity index is 2.09. The number of hydrogen-bond acceptors (Lipinski definition) is 3. The largest absolute Gasteiger partial charge is 0.493 e. The molecule has 0 saturated heterocycles. The molecule has 1 aliphatic heterocycles. The number of carbonyl (C=O) groups excluding carboxylic acids is 1. The van der Waals surface area contributed by atoms with Crippen LogP contribution in [0.25, 0.3) is 0 Å². The van der Waals surface area contributed by atoms with Gasteiger partial charge in [-0.2, -0.15) is 0 Å². The van der Waals surface area contributed by atoms with Crippen LogP contribution in [0.15, 0.2) is 24.3 Å². The summed E-state index contributed by atoms with van der Waals surface area (Å²) in [4.78, 5) is 12.2. The molecule has 0 aliphatic carbocycles. The Morgan fingerprint density at radius 2 is 2.25 bits per heavy atom. The lowest BCUT2D eigenvalue weighted by Crippen LogP contribution is -2.34. The molecule has 20 heavy (non-hydrogen) atoms. The fraction of sp³-hybridized carbons (Fsp3) is 0.533. The average Bonchev–Trinajstić information content (AvgIpc) is 2.61. The molecule has 1 N–H and O–H groups in total. The van der Waals surface area contributed by atoms with Gasteiger partial charge in [-0.3, -0.25) is 9.00 Å². The Labute approximate surface area is 122 Å². The van der Waals surface area contributed by atoms with Gasteiger partial charge in [-0.25, -0.2) is 0 Å². The highest BCUT2D eigenvalue weighted by atomic mass is 32.2. The molecule has 5 heteroatoms. The van der Waals surface area contributed by atoms with Gasteiger partial charge in [0.1, 0.15) is 5.75 Å². The van der Waals surface area contributed by atoms with Crippen molar-refractivity contribution < 1.29 is 13.7 Å². The molecule has 1 aliphatic rings. The van der Waals surface area contributed by atoms with E-state index in [9.17, 15) is 9.00 Å². The molecule has 1 aromatic rings. The van der Waals surface area contributed by atoms with Gasteiger partial charge in [0.2, 0.25) is 5.91 Å². The van der Waals surface area contributed by atoms with Crippen LogP contribution in [-0.2, 0) is 15.6 Å². The van der Waals surface area contributed by atoms with Crippen LogP contribution in [0.3, 0.4) is 0 Å². The molecular formula is C15H21NO3S. The zero-order chi connectivity index (χ0) is 14.5. The van der Waals surface area contributed by atoms with Crippen LogP contribution in [0, 0.1) is 5.92 Å². The van der Waals surface area contributed by atoms with Crippen LogP contribution in [-0.4, -0.2) is 28.7 Å². The highest BCUT2D eigenvalue weighted by molar-refractivity contribution is 7.84. The van der Waals surface area contributed by atoms with Gasteiger partial charge < -0.3 is 10.1 Å². The molecule has 0 aromatic heterocycles. The monoisotopic (exact) mass is 295 g/mol. The van der Waals surface area contributed by atoms with Gasteiger partial charge in [0.25, 0.3) is 0 Å². The minimum absolute atomic E-state index is 0.0195. The third-order valence-electron chi connectivity index (χ3n) is 3.44. The second-order valence-electron chi connectivity index (χ2n) is 5.23. The van der Waals surface area contributed by atoms with E-state index < -0.39 is 10.8 Å².